The average molecular weight is 417 g/mol. The fraction of sp³-hybridized carbons (Fsp3) is 0.286. The van der Waals surface area contributed by atoms with E-state index in [0.717, 1.165) is 5.56 Å². The third-order valence-electron chi connectivity index (χ3n) is 3.90. The molecule has 0 aliphatic rings. The Hall–Kier alpha value is -3.00. The number of methoxy groups -OCH3 is 2. The van der Waals surface area contributed by atoms with Gasteiger partial charge in [-0.05, 0) is 29.8 Å². The molecule has 0 spiro atoms. The second-order valence-corrected chi connectivity index (χ2v) is 7.23. The second kappa shape index (κ2) is 10.5. The van der Waals surface area contributed by atoms with Crippen LogP contribution in [0.3, 0.4) is 0 Å². The summed E-state index contributed by atoms with van der Waals surface area (Å²) in [6.07, 6.45) is -1.18. The van der Waals surface area contributed by atoms with Crippen LogP contribution in [0.15, 0.2) is 53.4 Å². The van der Waals surface area contributed by atoms with Crippen LogP contribution in [-0.4, -0.2) is 38.2 Å². The van der Waals surface area contributed by atoms with Gasteiger partial charge in [0.15, 0.2) is 0 Å². The van der Waals surface area contributed by atoms with Crippen LogP contribution < -0.4 is 10.1 Å². The molecule has 7 nitrogen and oxygen atoms in total. The molecule has 0 saturated carbocycles. The third kappa shape index (κ3) is 6.25. The Bertz CT molecular complexity index is 868. The molecule has 0 aromatic heterocycles. The fourth-order valence-corrected chi connectivity index (χ4v) is 3.89. The lowest BCUT2D eigenvalue weighted by Crippen LogP contribution is -2.32. The molecule has 1 N–H and O–H groups in total. The maximum absolute atomic E-state index is 12.4. The van der Waals surface area contributed by atoms with Crippen molar-refractivity contribution in [3.05, 3.63) is 54.1 Å². The predicted molar refractivity (Wildman–Crippen MR) is 110 cm³/mol. The number of amides is 1. The first-order valence-corrected chi connectivity index (χ1v) is 9.66. The molecule has 0 radical (unpaired) electrons. The lowest BCUT2D eigenvalue weighted by molar-refractivity contribution is -0.164. The molecule has 2 atom stereocenters. The summed E-state index contributed by atoms with van der Waals surface area (Å²) in [6.45, 7) is 2.65. The number of benzene rings is 2. The molecule has 1 amide bonds. The van der Waals surface area contributed by atoms with E-state index in [2.05, 4.69) is 5.32 Å². The molecule has 0 aliphatic carbocycles. The normalized spacial score (nSPS) is 12.4. The first-order chi connectivity index (χ1) is 13.8. The molecule has 29 heavy (non-hydrogen) atoms. The summed E-state index contributed by atoms with van der Waals surface area (Å²) in [5.74, 6) is -0.845. The van der Waals surface area contributed by atoms with Gasteiger partial charge in [-0.1, -0.05) is 24.3 Å². The maximum Gasteiger partial charge on any atom is 0.348 e. The molecule has 0 unspecified atom stereocenters. The minimum absolute atomic E-state index is 0.219. The number of hydrogen-bond donors (Lipinski definition) is 1. The Morgan fingerprint density at radius 3 is 2.17 bits per heavy atom. The molecule has 154 valence electrons. The van der Waals surface area contributed by atoms with Gasteiger partial charge in [0.25, 0.3) is 0 Å². The molecule has 2 aromatic carbocycles. The Balaban J connectivity index is 2.49. The van der Waals surface area contributed by atoms with Crippen molar-refractivity contribution in [1.29, 1.82) is 0 Å². The molecule has 0 saturated heterocycles. The molecular formula is C21H23NO6S. The van der Waals surface area contributed by atoms with Crippen molar-refractivity contribution in [3.63, 3.8) is 0 Å². The van der Waals surface area contributed by atoms with Gasteiger partial charge < -0.3 is 19.5 Å². The van der Waals surface area contributed by atoms with Crippen molar-refractivity contribution in [2.45, 2.75) is 30.1 Å². The highest BCUT2D eigenvalue weighted by molar-refractivity contribution is 7.99. The van der Waals surface area contributed by atoms with E-state index in [9.17, 15) is 14.4 Å². The number of rotatable bonds is 8. The van der Waals surface area contributed by atoms with Crippen molar-refractivity contribution in [3.8, 4) is 5.75 Å². The van der Waals surface area contributed by atoms with Crippen molar-refractivity contribution in [2.24, 2.45) is 0 Å². The first-order valence-electron chi connectivity index (χ1n) is 8.78. The second-order valence-electron chi connectivity index (χ2n) is 6.04. The van der Waals surface area contributed by atoms with E-state index in [4.69, 9.17) is 14.2 Å². The number of anilines is 1. The van der Waals surface area contributed by atoms with Crippen LogP contribution in [0.5, 0.6) is 5.75 Å². The zero-order valence-corrected chi connectivity index (χ0v) is 17.4. The smallest absolute Gasteiger partial charge is 0.348 e. The van der Waals surface area contributed by atoms with E-state index in [0.29, 0.717) is 16.3 Å². The number of hydrogen-bond acceptors (Lipinski definition) is 7. The van der Waals surface area contributed by atoms with E-state index >= 15 is 0 Å². The summed E-state index contributed by atoms with van der Waals surface area (Å²) in [5, 5.41) is 2.15. The number of thioether (sulfide) groups is 1. The monoisotopic (exact) mass is 417 g/mol. The van der Waals surface area contributed by atoms with Gasteiger partial charge in [-0.25, -0.2) is 4.79 Å². The van der Waals surface area contributed by atoms with Crippen molar-refractivity contribution < 1.29 is 28.6 Å². The standard InChI is InChI=1S/C21H23NO6S/c1-13(23)22-17-7-5-6-8-18(17)29-20(15-9-11-16(26-3)12-10-15)19(21(25)27-4)28-14(2)24/h5-12,19-20H,1-4H3,(H,22,23)/t19-,20+/m0/s1. The number of ether oxygens (including phenoxy) is 3. The molecule has 0 aliphatic heterocycles. The highest BCUT2D eigenvalue weighted by atomic mass is 32.2. The molecule has 8 heteroatoms. The van der Waals surface area contributed by atoms with E-state index in [-0.39, 0.29) is 5.91 Å². The van der Waals surface area contributed by atoms with Crippen LogP contribution in [0, 0.1) is 0 Å². The summed E-state index contributed by atoms with van der Waals surface area (Å²) in [6, 6.07) is 14.3. The zero-order chi connectivity index (χ0) is 21.4. The summed E-state index contributed by atoms with van der Waals surface area (Å²) in [5.41, 5.74) is 1.32. The van der Waals surface area contributed by atoms with E-state index < -0.39 is 23.3 Å². The van der Waals surface area contributed by atoms with Gasteiger partial charge >= 0.3 is 11.9 Å². The Labute approximate surface area is 173 Å². The topological polar surface area (TPSA) is 90.9 Å². The summed E-state index contributed by atoms with van der Waals surface area (Å²) < 4.78 is 15.4. The highest BCUT2D eigenvalue weighted by Crippen LogP contribution is 2.42. The average Bonchev–Trinajstić information content (AvgIpc) is 2.70. The van der Waals surface area contributed by atoms with E-state index in [1.54, 1.807) is 43.5 Å². The van der Waals surface area contributed by atoms with Gasteiger partial charge in [0, 0.05) is 18.7 Å². The van der Waals surface area contributed by atoms with Gasteiger partial charge in [-0.3, -0.25) is 9.59 Å². The molecule has 0 fully saturated rings. The van der Waals surface area contributed by atoms with Crippen molar-refractivity contribution in [1.82, 2.24) is 0 Å². The van der Waals surface area contributed by atoms with Crippen LogP contribution in [0.4, 0.5) is 5.69 Å². The Morgan fingerprint density at radius 2 is 1.62 bits per heavy atom. The predicted octanol–water partition coefficient (Wildman–Crippen LogP) is 3.59. The zero-order valence-electron chi connectivity index (χ0n) is 16.6. The molecule has 0 bridgehead atoms. The van der Waals surface area contributed by atoms with Gasteiger partial charge in [-0.15, -0.1) is 11.8 Å². The van der Waals surface area contributed by atoms with E-state index in [1.807, 2.05) is 12.1 Å². The summed E-state index contributed by atoms with van der Waals surface area (Å²) >= 11 is 1.28. The lowest BCUT2D eigenvalue weighted by atomic mass is 10.1. The largest absolute Gasteiger partial charge is 0.497 e. The number of esters is 2. The van der Waals surface area contributed by atoms with Crippen LogP contribution in [0.1, 0.15) is 24.7 Å². The number of nitrogens with one attached hydrogen (secondary N) is 1. The maximum atomic E-state index is 12.4. The Kier molecular flexibility index (Phi) is 8.09. The SMILES string of the molecule is COC(=O)[C@@H](OC(C)=O)[C@H](Sc1ccccc1NC(C)=O)c1ccc(OC)cc1. The van der Waals surface area contributed by atoms with E-state index in [1.165, 1.54) is 32.7 Å². The molecule has 2 aromatic rings. The minimum atomic E-state index is -1.18. The highest BCUT2D eigenvalue weighted by Gasteiger charge is 2.35. The van der Waals surface area contributed by atoms with Crippen LogP contribution in [0.2, 0.25) is 0 Å². The lowest BCUT2D eigenvalue weighted by Gasteiger charge is -2.25. The Morgan fingerprint density at radius 1 is 0.966 bits per heavy atom. The first kappa shape index (κ1) is 22.3. The minimum Gasteiger partial charge on any atom is -0.497 e. The molecule has 2 rings (SSSR count). The van der Waals surface area contributed by atoms with Gasteiger partial charge in [0.2, 0.25) is 12.0 Å². The third-order valence-corrected chi connectivity index (χ3v) is 5.28. The fourth-order valence-electron chi connectivity index (χ4n) is 2.63. The number of carbonyl (C=O) groups is 3. The summed E-state index contributed by atoms with van der Waals surface area (Å²) in [4.78, 5) is 36.4. The van der Waals surface area contributed by atoms with Crippen molar-refractivity contribution in [2.75, 3.05) is 19.5 Å². The van der Waals surface area contributed by atoms with Crippen LogP contribution >= 0.6 is 11.8 Å². The van der Waals surface area contributed by atoms with Crippen molar-refractivity contribution >= 4 is 35.3 Å². The van der Waals surface area contributed by atoms with Gasteiger partial charge in [-0.2, -0.15) is 0 Å². The van der Waals surface area contributed by atoms with Gasteiger partial charge in [0.1, 0.15) is 5.75 Å². The number of carbonyl (C=O) groups excluding carboxylic acids is 3. The quantitative estimate of drug-likeness (QED) is 0.518. The molecular weight excluding hydrogens is 394 g/mol. The van der Waals surface area contributed by atoms with Gasteiger partial charge in [0.05, 0.1) is 25.2 Å². The molecule has 0 heterocycles. The van der Waals surface area contributed by atoms with Crippen LogP contribution in [-0.2, 0) is 23.9 Å². The number of para-hydroxylation sites is 1. The summed E-state index contributed by atoms with van der Waals surface area (Å²) in [7, 11) is 2.79. The van der Waals surface area contributed by atoms with Crippen LogP contribution in [0.25, 0.3) is 0 Å².